The van der Waals surface area contributed by atoms with Crippen LogP contribution in [0.3, 0.4) is 0 Å². The second-order valence-electron chi connectivity index (χ2n) is 5.20. The van der Waals surface area contributed by atoms with Crippen molar-refractivity contribution in [1.29, 1.82) is 0 Å². The van der Waals surface area contributed by atoms with Crippen molar-refractivity contribution in [3.63, 3.8) is 0 Å². The first-order valence-corrected chi connectivity index (χ1v) is 6.74. The highest BCUT2D eigenvalue weighted by Gasteiger charge is 2.20. The van der Waals surface area contributed by atoms with Gasteiger partial charge in [0.15, 0.2) is 0 Å². The molecule has 0 aliphatic carbocycles. The standard InChI is InChI=1S/C13H26N2O2/c1-11(2)17-9-5-7-14-13(16)15-8-4-6-12(3)10-15/h11-12H,4-10H2,1-3H3,(H,14,16). The first-order chi connectivity index (χ1) is 8.09. The zero-order chi connectivity index (χ0) is 12.7. The summed E-state index contributed by atoms with van der Waals surface area (Å²) in [7, 11) is 0. The van der Waals surface area contributed by atoms with Gasteiger partial charge in [0, 0.05) is 26.2 Å². The maximum Gasteiger partial charge on any atom is 0.317 e. The summed E-state index contributed by atoms with van der Waals surface area (Å²) in [5.41, 5.74) is 0. The fraction of sp³-hybridized carbons (Fsp3) is 0.923. The van der Waals surface area contributed by atoms with Crippen molar-refractivity contribution in [2.24, 2.45) is 5.92 Å². The van der Waals surface area contributed by atoms with Crippen molar-refractivity contribution in [3.8, 4) is 0 Å². The number of carbonyl (C=O) groups excluding carboxylic acids is 1. The SMILES string of the molecule is CC1CCCN(C(=O)NCCCOC(C)C)C1. The molecule has 0 bridgehead atoms. The lowest BCUT2D eigenvalue weighted by molar-refractivity contribution is 0.0770. The molecule has 0 spiro atoms. The summed E-state index contributed by atoms with van der Waals surface area (Å²) in [4.78, 5) is 13.7. The number of hydrogen-bond donors (Lipinski definition) is 1. The fourth-order valence-electron chi connectivity index (χ4n) is 2.07. The van der Waals surface area contributed by atoms with Gasteiger partial charge in [0.25, 0.3) is 0 Å². The van der Waals surface area contributed by atoms with Crippen LogP contribution < -0.4 is 5.32 Å². The highest BCUT2D eigenvalue weighted by atomic mass is 16.5. The Kier molecular flexibility index (Phi) is 6.34. The van der Waals surface area contributed by atoms with Crippen molar-refractivity contribution in [2.75, 3.05) is 26.2 Å². The van der Waals surface area contributed by atoms with Gasteiger partial charge in [-0.1, -0.05) is 6.92 Å². The van der Waals surface area contributed by atoms with E-state index in [1.165, 1.54) is 6.42 Å². The van der Waals surface area contributed by atoms with E-state index in [1.807, 2.05) is 18.7 Å². The highest BCUT2D eigenvalue weighted by molar-refractivity contribution is 5.74. The molecular weight excluding hydrogens is 216 g/mol. The molecule has 0 aromatic heterocycles. The van der Waals surface area contributed by atoms with Crippen LogP contribution in [0.4, 0.5) is 4.79 Å². The van der Waals surface area contributed by atoms with E-state index in [0.717, 1.165) is 25.9 Å². The Bertz CT molecular complexity index is 231. The fourth-order valence-corrected chi connectivity index (χ4v) is 2.07. The molecule has 0 saturated carbocycles. The van der Waals surface area contributed by atoms with Gasteiger partial charge in [-0.3, -0.25) is 0 Å². The van der Waals surface area contributed by atoms with Gasteiger partial charge in [-0.25, -0.2) is 4.79 Å². The molecule has 1 unspecified atom stereocenters. The molecule has 100 valence electrons. The minimum Gasteiger partial charge on any atom is -0.379 e. The second kappa shape index (κ2) is 7.54. The third-order valence-corrected chi connectivity index (χ3v) is 2.99. The van der Waals surface area contributed by atoms with E-state index in [1.54, 1.807) is 0 Å². The molecule has 0 radical (unpaired) electrons. The van der Waals surface area contributed by atoms with Gasteiger partial charge in [-0.05, 0) is 39.0 Å². The Balaban J connectivity index is 2.08. The zero-order valence-corrected chi connectivity index (χ0v) is 11.4. The lowest BCUT2D eigenvalue weighted by Gasteiger charge is -2.30. The van der Waals surface area contributed by atoms with Gasteiger partial charge >= 0.3 is 6.03 Å². The highest BCUT2D eigenvalue weighted by Crippen LogP contribution is 2.15. The molecule has 1 atom stereocenters. The number of hydrogen-bond acceptors (Lipinski definition) is 2. The van der Waals surface area contributed by atoms with E-state index in [-0.39, 0.29) is 12.1 Å². The van der Waals surface area contributed by atoms with Crippen molar-refractivity contribution >= 4 is 6.03 Å². The molecule has 1 N–H and O–H groups in total. The van der Waals surface area contributed by atoms with Gasteiger partial charge in [0.05, 0.1) is 6.10 Å². The molecule has 1 heterocycles. The molecule has 1 rings (SSSR count). The smallest absolute Gasteiger partial charge is 0.317 e. The number of rotatable bonds is 5. The molecular formula is C13H26N2O2. The van der Waals surface area contributed by atoms with E-state index in [9.17, 15) is 4.79 Å². The minimum atomic E-state index is 0.0843. The van der Waals surface area contributed by atoms with Crippen molar-refractivity contribution < 1.29 is 9.53 Å². The molecule has 1 saturated heterocycles. The van der Waals surface area contributed by atoms with Crippen LogP contribution in [-0.4, -0.2) is 43.3 Å². The first-order valence-electron chi connectivity index (χ1n) is 6.74. The molecule has 0 aromatic carbocycles. The van der Waals surface area contributed by atoms with Crippen LogP contribution in [-0.2, 0) is 4.74 Å². The first kappa shape index (κ1) is 14.3. The molecule has 1 fully saturated rings. The van der Waals surface area contributed by atoms with Crippen LogP contribution >= 0.6 is 0 Å². The minimum absolute atomic E-state index is 0.0843. The third kappa shape index (κ3) is 5.91. The largest absolute Gasteiger partial charge is 0.379 e. The zero-order valence-electron chi connectivity index (χ0n) is 11.4. The summed E-state index contributed by atoms with van der Waals surface area (Å²) in [6.45, 7) is 9.47. The molecule has 17 heavy (non-hydrogen) atoms. The van der Waals surface area contributed by atoms with Crippen LogP contribution in [0.5, 0.6) is 0 Å². The summed E-state index contributed by atoms with van der Waals surface area (Å²) in [6.07, 6.45) is 3.53. The lowest BCUT2D eigenvalue weighted by Crippen LogP contribution is -2.45. The van der Waals surface area contributed by atoms with Crippen LogP contribution in [0.1, 0.15) is 40.0 Å². The predicted octanol–water partition coefficient (Wildman–Crippen LogP) is 2.24. The van der Waals surface area contributed by atoms with Gasteiger partial charge in [-0.2, -0.15) is 0 Å². The summed E-state index contributed by atoms with van der Waals surface area (Å²) in [5.74, 6) is 0.638. The van der Waals surface area contributed by atoms with Crippen molar-refractivity contribution in [3.05, 3.63) is 0 Å². The van der Waals surface area contributed by atoms with Gasteiger partial charge in [0.1, 0.15) is 0 Å². The Hall–Kier alpha value is -0.770. The number of carbonyl (C=O) groups is 1. The van der Waals surface area contributed by atoms with E-state index < -0.39 is 0 Å². The van der Waals surface area contributed by atoms with E-state index in [2.05, 4.69) is 12.2 Å². The van der Waals surface area contributed by atoms with Gasteiger partial charge in [0.2, 0.25) is 0 Å². The van der Waals surface area contributed by atoms with Crippen LogP contribution in [0.25, 0.3) is 0 Å². The molecule has 2 amide bonds. The van der Waals surface area contributed by atoms with Gasteiger partial charge < -0.3 is 15.0 Å². The van der Waals surface area contributed by atoms with Crippen LogP contribution in [0.15, 0.2) is 0 Å². The quantitative estimate of drug-likeness (QED) is 0.751. The lowest BCUT2D eigenvalue weighted by atomic mass is 10.0. The Morgan fingerprint density at radius 1 is 1.53 bits per heavy atom. The predicted molar refractivity (Wildman–Crippen MR) is 69.1 cm³/mol. The summed E-state index contributed by atoms with van der Waals surface area (Å²) < 4.78 is 5.42. The number of nitrogens with one attached hydrogen (secondary N) is 1. The van der Waals surface area contributed by atoms with Crippen molar-refractivity contribution in [1.82, 2.24) is 10.2 Å². The topological polar surface area (TPSA) is 41.6 Å². The average Bonchev–Trinajstić information content (AvgIpc) is 2.28. The van der Waals surface area contributed by atoms with Crippen LogP contribution in [0, 0.1) is 5.92 Å². The molecule has 1 aliphatic rings. The summed E-state index contributed by atoms with van der Waals surface area (Å²) >= 11 is 0. The van der Waals surface area contributed by atoms with E-state index >= 15 is 0 Å². The Morgan fingerprint density at radius 3 is 2.94 bits per heavy atom. The monoisotopic (exact) mass is 242 g/mol. The normalized spacial score (nSPS) is 20.7. The second-order valence-corrected chi connectivity index (χ2v) is 5.20. The Labute approximate surface area is 105 Å². The van der Waals surface area contributed by atoms with E-state index in [4.69, 9.17) is 4.74 Å². The number of amides is 2. The summed E-state index contributed by atoms with van der Waals surface area (Å²) in [6, 6.07) is 0.0843. The summed E-state index contributed by atoms with van der Waals surface area (Å²) in [5, 5.41) is 2.95. The van der Waals surface area contributed by atoms with Gasteiger partial charge in [-0.15, -0.1) is 0 Å². The third-order valence-electron chi connectivity index (χ3n) is 2.99. The number of nitrogens with zero attached hydrogens (tertiary/aromatic N) is 1. The molecule has 4 nitrogen and oxygen atoms in total. The number of ether oxygens (including phenoxy) is 1. The molecule has 1 aliphatic heterocycles. The number of piperidine rings is 1. The average molecular weight is 242 g/mol. The number of likely N-dealkylation sites (tertiary alicyclic amines) is 1. The van der Waals surface area contributed by atoms with E-state index in [0.29, 0.717) is 19.1 Å². The number of urea groups is 1. The maximum atomic E-state index is 11.8. The Morgan fingerprint density at radius 2 is 2.29 bits per heavy atom. The van der Waals surface area contributed by atoms with Crippen molar-refractivity contribution in [2.45, 2.75) is 46.1 Å². The molecule has 0 aromatic rings. The molecule has 4 heteroatoms. The van der Waals surface area contributed by atoms with Crippen LogP contribution in [0.2, 0.25) is 0 Å². The maximum absolute atomic E-state index is 11.8.